The highest BCUT2D eigenvalue weighted by atomic mass is 16.4. The maximum atomic E-state index is 10.4. The van der Waals surface area contributed by atoms with Gasteiger partial charge in [-0.15, -0.1) is 40.8 Å². The van der Waals surface area contributed by atoms with E-state index >= 15 is 0 Å². The van der Waals surface area contributed by atoms with Crippen molar-refractivity contribution in [2.24, 2.45) is 0 Å². The summed E-state index contributed by atoms with van der Waals surface area (Å²) in [7, 11) is 0. The SMILES string of the molecule is Cc1nnc(Cn2nc3nc(C(C)(C)C)nc(N4CC[C@@](C)(O)C4)c3n2)o1.Cc1nnc(Cn2nc3nc(C(C)(C)C)nc(N4CC[C@](C)(O)C4)c3n2)o1. The molecule has 0 saturated carbocycles. The Morgan fingerprint density at radius 3 is 1.28 bits per heavy atom. The Bertz CT molecular complexity index is 2130. The van der Waals surface area contributed by atoms with Crippen LogP contribution in [0.15, 0.2) is 8.83 Å². The first-order valence-corrected chi connectivity index (χ1v) is 18.0. The molecule has 2 N–H and O–H groups in total. The van der Waals surface area contributed by atoms with Gasteiger partial charge in [0.15, 0.2) is 22.7 Å². The summed E-state index contributed by atoms with van der Waals surface area (Å²) in [5.74, 6) is 4.65. The normalized spacial score (nSPS) is 20.7. The second kappa shape index (κ2) is 13.3. The van der Waals surface area contributed by atoms with E-state index in [2.05, 4.69) is 102 Å². The zero-order valence-corrected chi connectivity index (χ0v) is 32.5. The molecular formula is C34H48N16O4. The highest BCUT2D eigenvalue weighted by molar-refractivity contribution is 5.83. The number of nitrogens with zero attached hydrogens (tertiary/aromatic N) is 16. The van der Waals surface area contributed by atoms with Crippen molar-refractivity contribution in [1.29, 1.82) is 0 Å². The quantitative estimate of drug-likeness (QED) is 0.249. The number of hydrogen-bond acceptors (Lipinski definition) is 18. The highest BCUT2D eigenvalue weighted by Gasteiger charge is 2.36. The van der Waals surface area contributed by atoms with E-state index in [-0.39, 0.29) is 23.9 Å². The van der Waals surface area contributed by atoms with Gasteiger partial charge in [-0.1, -0.05) is 41.5 Å². The zero-order chi connectivity index (χ0) is 38.8. The van der Waals surface area contributed by atoms with Crippen molar-refractivity contribution in [1.82, 2.24) is 70.3 Å². The third kappa shape index (κ3) is 7.98. The maximum absolute atomic E-state index is 10.4. The number of β-amino-alcohol motifs (C(OH)–C–C–N with tert-alkyl or cyclic N) is 2. The summed E-state index contributed by atoms with van der Waals surface area (Å²) in [6, 6.07) is 0. The summed E-state index contributed by atoms with van der Waals surface area (Å²) in [6.07, 6.45) is 1.36. The van der Waals surface area contributed by atoms with Crippen molar-refractivity contribution in [2.75, 3.05) is 36.0 Å². The van der Waals surface area contributed by atoms with Gasteiger partial charge in [-0.05, 0) is 26.7 Å². The molecule has 8 rings (SSSR count). The number of fused-ring (bicyclic) bond motifs is 2. The molecule has 2 saturated heterocycles. The maximum Gasteiger partial charge on any atom is 0.239 e. The van der Waals surface area contributed by atoms with Crippen LogP contribution in [0.4, 0.5) is 11.6 Å². The zero-order valence-electron chi connectivity index (χ0n) is 32.5. The fraction of sp³-hybridized carbons (Fsp3) is 0.647. The second-order valence-electron chi connectivity index (χ2n) is 16.8. The van der Waals surface area contributed by atoms with Gasteiger partial charge < -0.3 is 28.8 Å². The predicted molar refractivity (Wildman–Crippen MR) is 195 cm³/mol. The molecule has 6 aromatic heterocycles. The molecule has 0 bridgehead atoms. The minimum Gasteiger partial charge on any atom is -0.423 e. The van der Waals surface area contributed by atoms with Crippen LogP contribution in [0.2, 0.25) is 0 Å². The fourth-order valence-corrected chi connectivity index (χ4v) is 6.23. The molecule has 288 valence electrons. The van der Waals surface area contributed by atoms with Crippen molar-refractivity contribution >= 4 is 34.0 Å². The van der Waals surface area contributed by atoms with Crippen molar-refractivity contribution in [2.45, 2.75) is 117 Å². The molecule has 2 fully saturated rings. The van der Waals surface area contributed by atoms with E-state index in [4.69, 9.17) is 18.8 Å². The summed E-state index contributed by atoms with van der Waals surface area (Å²) >= 11 is 0. The van der Waals surface area contributed by atoms with Crippen LogP contribution < -0.4 is 9.80 Å². The van der Waals surface area contributed by atoms with Crippen LogP contribution in [0, 0.1) is 13.8 Å². The van der Waals surface area contributed by atoms with Crippen molar-refractivity contribution in [3.63, 3.8) is 0 Å². The molecule has 0 unspecified atom stereocenters. The molecule has 54 heavy (non-hydrogen) atoms. The lowest BCUT2D eigenvalue weighted by Crippen LogP contribution is -2.31. The van der Waals surface area contributed by atoms with Gasteiger partial charge in [0.05, 0.1) is 11.2 Å². The molecule has 0 aromatic carbocycles. The van der Waals surface area contributed by atoms with E-state index in [1.807, 2.05) is 13.8 Å². The summed E-state index contributed by atoms with van der Waals surface area (Å²) in [5.41, 5.74) is 0.304. The molecule has 0 spiro atoms. The standard InChI is InChI=1S/2C17H24N8O2/c2*1-10-20-21-11(27-10)8-25-22-12-13(23-25)18-15(16(2,3)4)19-14(12)24-7-6-17(5,26)9-24/h2*26H,6-9H2,1-5H3/t2*17-/m10/s1. The molecule has 0 amide bonds. The van der Waals surface area contributed by atoms with E-state index in [9.17, 15) is 10.2 Å². The fourth-order valence-electron chi connectivity index (χ4n) is 6.23. The van der Waals surface area contributed by atoms with E-state index in [1.165, 1.54) is 9.59 Å². The van der Waals surface area contributed by atoms with Crippen LogP contribution >= 0.6 is 0 Å². The van der Waals surface area contributed by atoms with Gasteiger partial charge in [-0.25, -0.2) is 19.9 Å². The number of anilines is 2. The van der Waals surface area contributed by atoms with E-state index in [0.717, 1.165) is 0 Å². The van der Waals surface area contributed by atoms with Crippen LogP contribution in [-0.2, 0) is 23.9 Å². The lowest BCUT2D eigenvalue weighted by atomic mass is 9.95. The van der Waals surface area contributed by atoms with Gasteiger partial charge in [-0.3, -0.25) is 0 Å². The molecule has 0 radical (unpaired) electrons. The van der Waals surface area contributed by atoms with E-state index in [1.54, 1.807) is 13.8 Å². The smallest absolute Gasteiger partial charge is 0.239 e. The topological polar surface area (TPSA) is 238 Å². The number of aryl methyl sites for hydroxylation is 2. The number of aromatic nitrogens is 14. The Morgan fingerprint density at radius 2 is 0.981 bits per heavy atom. The lowest BCUT2D eigenvalue weighted by Gasteiger charge is -2.22. The van der Waals surface area contributed by atoms with Crippen molar-refractivity contribution in [3.05, 3.63) is 35.2 Å². The summed E-state index contributed by atoms with van der Waals surface area (Å²) in [5, 5.41) is 54.5. The van der Waals surface area contributed by atoms with Crippen LogP contribution in [0.25, 0.3) is 22.3 Å². The molecule has 8 heterocycles. The molecule has 6 aromatic rings. The van der Waals surface area contributed by atoms with Gasteiger partial charge in [0, 0.05) is 50.9 Å². The number of aliphatic hydroxyl groups is 2. The highest BCUT2D eigenvalue weighted by Crippen LogP contribution is 2.33. The molecule has 2 aliphatic heterocycles. The Balaban J connectivity index is 0.000000167. The van der Waals surface area contributed by atoms with Gasteiger partial charge in [0.2, 0.25) is 34.9 Å². The van der Waals surface area contributed by atoms with Crippen LogP contribution in [0.5, 0.6) is 0 Å². The van der Waals surface area contributed by atoms with E-state index < -0.39 is 11.2 Å². The molecule has 2 aliphatic rings. The van der Waals surface area contributed by atoms with Gasteiger partial charge in [0.25, 0.3) is 0 Å². The summed E-state index contributed by atoms with van der Waals surface area (Å²) in [4.78, 5) is 25.9. The van der Waals surface area contributed by atoms with Gasteiger partial charge in [0.1, 0.15) is 24.7 Å². The Kier molecular flexibility index (Phi) is 9.10. The largest absolute Gasteiger partial charge is 0.423 e. The Morgan fingerprint density at radius 1 is 0.593 bits per heavy atom. The average molecular weight is 745 g/mol. The Hall–Kier alpha value is -5.24. The van der Waals surface area contributed by atoms with Crippen LogP contribution in [0.3, 0.4) is 0 Å². The van der Waals surface area contributed by atoms with Crippen molar-refractivity contribution in [3.8, 4) is 0 Å². The average Bonchev–Trinajstić information content (AvgIpc) is 3.91. The third-order valence-electron chi connectivity index (χ3n) is 9.08. The Labute approximate surface area is 311 Å². The number of hydrogen-bond donors (Lipinski definition) is 2. The monoisotopic (exact) mass is 744 g/mol. The van der Waals surface area contributed by atoms with Gasteiger partial charge >= 0.3 is 0 Å². The predicted octanol–water partition coefficient (Wildman–Crippen LogP) is 2.44. The van der Waals surface area contributed by atoms with Crippen molar-refractivity contribution < 1.29 is 19.0 Å². The first-order chi connectivity index (χ1) is 25.2. The lowest BCUT2D eigenvalue weighted by molar-refractivity contribution is 0.0833. The van der Waals surface area contributed by atoms with E-state index in [0.29, 0.717) is 108 Å². The van der Waals surface area contributed by atoms with Crippen LogP contribution in [-0.4, -0.2) is 118 Å². The molecular weight excluding hydrogens is 696 g/mol. The van der Waals surface area contributed by atoms with Gasteiger partial charge in [-0.2, -0.15) is 9.59 Å². The van der Waals surface area contributed by atoms with Crippen LogP contribution in [0.1, 0.15) is 103 Å². The molecule has 20 nitrogen and oxygen atoms in total. The molecule has 2 atom stereocenters. The minimum absolute atomic E-state index is 0.238. The first kappa shape index (κ1) is 37.1. The second-order valence-corrected chi connectivity index (χ2v) is 16.8. The molecule has 0 aliphatic carbocycles. The summed E-state index contributed by atoms with van der Waals surface area (Å²) < 4.78 is 10.8. The first-order valence-electron chi connectivity index (χ1n) is 18.0. The third-order valence-corrected chi connectivity index (χ3v) is 9.08. The molecule has 20 heteroatoms. The summed E-state index contributed by atoms with van der Waals surface area (Å²) in [6.45, 7) is 22.4. The number of rotatable bonds is 6. The minimum atomic E-state index is -0.740.